The van der Waals surface area contributed by atoms with Crippen LogP contribution >= 0.6 is 0 Å². The van der Waals surface area contributed by atoms with E-state index in [1.54, 1.807) is 54.6 Å². The molecular weight excluding hydrogens is 440 g/mol. The molecule has 1 atom stereocenters. The summed E-state index contributed by atoms with van der Waals surface area (Å²) < 4.78 is 38.9. The lowest BCUT2D eigenvalue weighted by Gasteiger charge is -2.17. The van der Waals surface area contributed by atoms with Crippen LogP contribution < -0.4 is 0 Å². The Bertz CT molecular complexity index is 1500. The van der Waals surface area contributed by atoms with Crippen molar-refractivity contribution >= 4 is 21.7 Å². The second kappa shape index (κ2) is 8.36. The molecule has 3 aromatic rings. The first-order valence-corrected chi connectivity index (χ1v) is 11.3. The van der Waals surface area contributed by atoms with Gasteiger partial charge in [0.25, 0.3) is 0 Å². The summed E-state index contributed by atoms with van der Waals surface area (Å²) in [5.41, 5.74) is 1.03. The fraction of sp³-hybridized carbons (Fsp3) is 0.0800. The molecule has 0 amide bonds. The van der Waals surface area contributed by atoms with Gasteiger partial charge in [-0.05, 0) is 28.3 Å². The Morgan fingerprint density at radius 1 is 1.00 bits per heavy atom. The normalized spacial score (nSPS) is 12.8. The van der Waals surface area contributed by atoms with Gasteiger partial charge in [0.2, 0.25) is 5.44 Å². The Labute approximate surface area is 190 Å². The molecule has 1 aliphatic carbocycles. The fourth-order valence-electron chi connectivity index (χ4n) is 3.93. The number of carbonyl (C=O) groups is 1. The summed E-state index contributed by atoms with van der Waals surface area (Å²) >= 11 is 0. The van der Waals surface area contributed by atoms with E-state index in [0.717, 1.165) is 0 Å². The third-order valence-electron chi connectivity index (χ3n) is 5.42. The SMILES string of the molecule is C=C1c2ccccc2-c2c(C(=O)OC(Cc3ccccc3)S(=O)(=O)O)cc(C#N)c(C#N)c21. The predicted molar refractivity (Wildman–Crippen MR) is 120 cm³/mol. The van der Waals surface area contributed by atoms with Crippen LogP contribution in [0.25, 0.3) is 16.7 Å². The lowest BCUT2D eigenvalue weighted by Crippen LogP contribution is -2.29. The van der Waals surface area contributed by atoms with Crippen LogP contribution in [0.4, 0.5) is 0 Å². The molecule has 7 nitrogen and oxygen atoms in total. The largest absolute Gasteiger partial charge is 0.439 e. The molecule has 0 saturated heterocycles. The monoisotopic (exact) mass is 456 g/mol. The highest BCUT2D eigenvalue weighted by Gasteiger charge is 2.34. The van der Waals surface area contributed by atoms with E-state index in [1.165, 1.54) is 6.07 Å². The molecule has 0 aromatic heterocycles. The van der Waals surface area contributed by atoms with E-state index >= 15 is 0 Å². The summed E-state index contributed by atoms with van der Waals surface area (Å²) in [7, 11) is -4.76. The molecule has 0 aliphatic heterocycles. The Balaban J connectivity index is 1.84. The number of nitrogens with zero attached hydrogens (tertiary/aromatic N) is 2. The maximum absolute atomic E-state index is 13.2. The smallest absolute Gasteiger partial charge is 0.340 e. The number of rotatable bonds is 5. The summed E-state index contributed by atoms with van der Waals surface area (Å²) in [6, 6.07) is 20.5. The molecule has 0 radical (unpaired) electrons. The summed E-state index contributed by atoms with van der Waals surface area (Å²) in [6.07, 6.45) is -0.266. The van der Waals surface area contributed by atoms with E-state index in [9.17, 15) is 28.3 Å². The molecule has 4 rings (SSSR count). The Hall–Kier alpha value is -4.24. The van der Waals surface area contributed by atoms with Gasteiger partial charge in [-0.1, -0.05) is 61.2 Å². The minimum atomic E-state index is -4.76. The van der Waals surface area contributed by atoms with E-state index in [2.05, 4.69) is 6.58 Å². The molecule has 0 fully saturated rings. The number of hydrogen-bond donors (Lipinski definition) is 1. The molecule has 162 valence electrons. The van der Waals surface area contributed by atoms with E-state index in [1.807, 2.05) is 12.1 Å². The zero-order valence-corrected chi connectivity index (χ0v) is 18.0. The zero-order valence-electron chi connectivity index (χ0n) is 17.1. The second-order valence-corrected chi connectivity index (χ2v) is 8.94. The number of benzene rings is 3. The van der Waals surface area contributed by atoms with Crippen molar-refractivity contribution in [2.24, 2.45) is 0 Å². The molecule has 33 heavy (non-hydrogen) atoms. The van der Waals surface area contributed by atoms with Gasteiger partial charge >= 0.3 is 16.1 Å². The summed E-state index contributed by atoms with van der Waals surface area (Å²) in [5, 5.41) is 19.3. The maximum Gasteiger partial charge on any atom is 0.340 e. The van der Waals surface area contributed by atoms with Crippen molar-refractivity contribution in [1.29, 1.82) is 10.5 Å². The average molecular weight is 456 g/mol. The van der Waals surface area contributed by atoms with Crippen molar-refractivity contribution < 1.29 is 22.5 Å². The van der Waals surface area contributed by atoms with E-state index < -0.39 is 21.5 Å². The summed E-state index contributed by atoms with van der Waals surface area (Å²) in [5.74, 6) is -1.05. The maximum atomic E-state index is 13.2. The number of carbonyl (C=O) groups excluding carboxylic acids is 1. The number of ether oxygens (including phenoxy) is 1. The average Bonchev–Trinajstić information content (AvgIpc) is 3.10. The van der Waals surface area contributed by atoms with Gasteiger partial charge in [0.05, 0.1) is 16.7 Å². The van der Waals surface area contributed by atoms with Crippen molar-refractivity contribution in [2.45, 2.75) is 11.9 Å². The van der Waals surface area contributed by atoms with E-state index in [-0.39, 0.29) is 23.1 Å². The molecule has 0 spiro atoms. The first-order chi connectivity index (χ1) is 15.8. The van der Waals surface area contributed by atoms with Gasteiger partial charge in [0, 0.05) is 17.5 Å². The van der Waals surface area contributed by atoms with Gasteiger partial charge in [-0.15, -0.1) is 0 Å². The van der Waals surface area contributed by atoms with Gasteiger partial charge in [-0.2, -0.15) is 18.9 Å². The summed E-state index contributed by atoms with van der Waals surface area (Å²) in [4.78, 5) is 13.2. The first-order valence-electron chi connectivity index (χ1n) is 9.77. The molecular formula is C25H16N2O5S. The zero-order chi connectivity index (χ0) is 23.8. The van der Waals surface area contributed by atoms with Gasteiger partial charge in [0.15, 0.2) is 0 Å². The minimum absolute atomic E-state index is 0.0661. The fourth-order valence-corrected chi connectivity index (χ4v) is 4.54. The van der Waals surface area contributed by atoms with Gasteiger partial charge in [0.1, 0.15) is 12.1 Å². The van der Waals surface area contributed by atoms with Gasteiger partial charge in [-0.3, -0.25) is 4.55 Å². The number of fused-ring (bicyclic) bond motifs is 3. The van der Waals surface area contributed by atoms with Crippen LogP contribution in [0.15, 0.2) is 67.2 Å². The van der Waals surface area contributed by atoms with Gasteiger partial charge in [-0.25, -0.2) is 4.79 Å². The topological polar surface area (TPSA) is 128 Å². The Morgan fingerprint density at radius 3 is 2.24 bits per heavy atom. The van der Waals surface area contributed by atoms with Crippen LogP contribution in [0.2, 0.25) is 0 Å². The van der Waals surface area contributed by atoms with Crippen LogP contribution in [0.1, 0.15) is 38.2 Å². The molecule has 1 N–H and O–H groups in total. The highest BCUT2D eigenvalue weighted by molar-refractivity contribution is 7.86. The van der Waals surface area contributed by atoms with Crippen LogP contribution in [-0.4, -0.2) is 24.4 Å². The Morgan fingerprint density at radius 2 is 1.64 bits per heavy atom. The predicted octanol–water partition coefficient (Wildman–Crippen LogP) is 4.09. The molecule has 1 unspecified atom stereocenters. The molecule has 0 bridgehead atoms. The third kappa shape index (κ3) is 3.90. The summed E-state index contributed by atoms with van der Waals surface area (Å²) in [6.45, 7) is 4.03. The number of nitriles is 2. The minimum Gasteiger partial charge on any atom is -0.439 e. The van der Waals surface area contributed by atoms with Crippen molar-refractivity contribution in [1.82, 2.24) is 0 Å². The van der Waals surface area contributed by atoms with Crippen LogP contribution in [-0.2, 0) is 21.3 Å². The van der Waals surface area contributed by atoms with E-state index in [0.29, 0.717) is 33.4 Å². The van der Waals surface area contributed by atoms with Gasteiger partial charge < -0.3 is 4.74 Å². The lowest BCUT2D eigenvalue weighted by molar-refractivity contribution is 0.0431. The van der Waals surface area contributed by atoms with Crippen LogP contribution in [0, 0.1) is 22.7 Å². The first kappa shape index (κ1) is 22.0. The second-order valence-electron chi connectivity index (χ2n) is 7.38. The third-order valence-corrected chi connectivity index (χ3v) is 6.35. The standard InChI is InChI=1S/C25H16N2O5S/c1-15-18-9-5-6-10-19(18)24-20(12-17(13-26)21(14-27)23(15)24)25(28)32-22(33(29,30)31)11-16-7-3-2-4-8-16/h2-10,12,22H,1,11H2,(H,29,30,31). The Kier molecular flexibility index (Phi) is 5.57. The molecule has 0 saturated carbocycles. The lowest BCUT2D eigenvalue weighted by atomic mass is 9.91. The highest BCUT2D eigenvalue weighted by Crippen LogP contribution is 2.47. The van der Waals surface area contributed by atoms with Crippen molar-refractivity contribution in [3.05, 3.63) is 101 Å². The van der Waals surface area contributed by atoms with Crippen molar-refractivity contribution in [2.75, 3.05) is 0 Å². The van der Waals surface area contributed by atoms with Crippen LogP contribution in [0.5, 0.6) is 0 Å². The molecule has 1 aliphatic rings. The highest BCUT2D eigenvalue weighted by atomic mass is 32.2. The number of esters is 1. The van der Waals surface area contributed by atoms with Crippen LogP contribution in [0.3, 0.4) is 0 Å². The van der Waals surface area contributed by atoms with Crippen molar-refractivity contribution in [3.8, 4) is 23.3 Å². The van der Waals surface area contributed by atoms with Crippen molar-refractivity contribution in [3.63, 3.8) is 0 Å². The quantitative estimate of drug-likeness (QED) is 0.354. The molecule has 0 heterocycles. The number of hydrogen-bond acceptors (Lipinski definition) is 6. The molecule has 8 heteroatoms. The molecule has 3 aromatic carbocycles. The van der Waals surface area contributed by atoms with E-state index in [4.69, 9.17) is 4.74 Å².